The highest BCUT2D eigenvalue weighted by atomic mass is 32.1. The van der Waals surface area contributed by atoms with Crippen LogP contribution in [0.4, 0.5) is 0 Å². The van der Waals surface area contributed by atoms with Gasteiger partial charge in [-0.05, 0) is 10.4 Å². The Morgan fingerprint density at radius 2 is 2.47 bits per heavy atom. The molecule has 0 saturated carbocycles. The third-order valence-electron chi connectivity index (χ3n) is 1.58. The first-order valence-electron chi connectivity index (χ1n) is 3.89. The van der Waals surface area contributed by atoms with E-state index in [-0.39, 0.29) is 10.9 Å². The smallest absolute Gasteiger partial charge is 0.346 e. The zero-order valence-corrected chi connectivity index (χ0v) is 8.43. The van der Waals surface area contributed by atoms with Gasteiger partial charge in [-0.2, -0.15) is 4.68 Å². The number of aryl methyl sites for hydroxylation is 1. The summed E-state index contributed by atoms with van der Waals surface area (Å²) in [7, 11) is 1.62. The molecule has 2 aromatic heterocycles. The van der Waals surface area contributed by atoms with E-state index >= 15 is 0 Å². The van der Waals surface area contributed by atoms with E-state index in [0.29, 0.717) is 5.75 Å². The Bertz CT molecular complexity index is 492. The van der Waals surface area contributed by atoms with Crippen molar-refractivity contribution in [3.05, 3.63) is 16.3 Å². The summed E-state index contributed by atoms with van der Waals surface area (Å²) in [6, 6.07) is 1.63. The SMILES string of the molecule is Cn1nnnc1Oc1csc(C(=O)O)c1. The number of rotatable bonds is 3. The molecular weight excluding hydrogens is 220 g/mol. The maximum absolute atomic E-state index is 10.6. The van der Waals surface area contributed by atoms with E-state index in [0.717, 1.165) is 11.3 Å². The van der Waals surface area contributed by atoms with Crippen LogP contribution in [0.15, 0.2) is 11.4 Å². The molecule has 0 atom stereocenters. The van der Waals surface area contributed by atoms with Crippen molar-refractivity contribution in [2.75, 3.05) is 0 Å². The number of ether oxygens (including phenoxy) is 1. The van der Waals surface area contributed by atoms with E-state index in [1.807, 2.05) is 0 Å². The van der Waals surface area contributed by atoms with Gasteiger partial charge in [0, 0.05) is 18.5 Å². The molecule has 0 aromatic carbocycles. The van der Waals surface area contributed by atoms with Crippen LogP contribution in [0, 0.1) is 0 Å². The molecule has 0 spiro atoms. The van der Waals surface area contributed by atoms with Crippen LogP contribution >= 0.6 is 11.3 Å². The molecule has 1 N–H and O–H groups in total. The fourth-order valence-corrected chi connectivity index (χ4v) is 1.54. The average molecular weight is 226 g/mol. The summed E-state index contributed by atoms with van der Waals surface area (Å²) in [5.74, 6) is -0.568. The number of hydrogen-bond donors (Lipinski definition) is 1. The summed E-state index contributed by atoms with van der Waals surface area (Å²) >= 11 is 1.08. The molecule has 78 valence electrons. The standard InChI is InChI=1S/C7H6N4O3S/c1-11-7(8-9-10-11)14-4-2-5(6(12)13)15-3-4/h2-3H,1H3,(H,12,13). The first kappa shape index (κ1) is 9.59. The van der Waals surface area contributed by atoms with Crippen molar-refractivity contribution in [1.82, 2.24) is 20.2 Å². The Morgan fingerprint density at radius 3 is 3.00 bits per heavy atom. The first-order chi connectivity index (χ1) is 7.16. The van der Waals surface area contributed by atoms with Crippen LogP contribution in [0.1, 0.15) is 9.67 Å². The van der Waals surface area contributed by atoms with Crippen molar-refractivity contribution in [2.45, 2.75) is 0 Å². The number of hydrogen-bond acceptors (Lipinski definition) is 6. The van der Waals surface area contributed by atoms with E-state index in [2.05, 4.69) is 15.5 Å². The Morgan fingerprint density at radius 1 is 1.67 bits per heavy atom. The van der Waals surface area contributed by atoms with Gasteiger partial charge in [0.25, 0.3) is 0 Å². The van der Waals surface area contributed by atoms with Crippen LogP contribution in [-0.2, 0) is 7.05 Å². The largest absolute Gasteiger partial charge is 0.477 e. The minimum Gasteiger partial charge on any atom is -0.477 e. The molecule has 15 heavy (non-hydrogen) atoms. The second-order valence-electron chi connectivity index (χ2n) is 2.64. The summed E-state index contributed by atoms with van der Waals surface area (Å²) in [5.41, 5.74) is 0. The number of nitrogens with zero attached hydrogens (tertiary/aromatic N) is 4. The Balaban J connectivity index is 2.18. The second kappa shape index (κ2) is 3.65. The highest BCUT2D eigenvalue weighted by Crippen LogP contribution is 2.24. The highest BCUT2D eigenvalue weighted by Gasteiger charge is 2.10. The Labute approximate surface area is 87.9 Å². The summed E-state index contributed by atoms with van der Waals surface area (Å²) in [6.07, 6.45) is 0. The van der Waals surface area contributed by atoms with Gasteiger partial charge in [0.1, 0.15) is 10.6 Å². The highest BCUT2D eigenvalue weighted by molar-refractivity contribution is 7.12. The van der Waals surface area contributed by atoms with Gasteiger partial charge in [0.2, 0.25) is 0 Å². The molecule has 0 bridgehead atoms. The lowest BCUT2D eigenvalue weighted by Crippen LogP contribution is -1.95. The molecule has 2 aromatic rings. The lowest BCUT2D eigenvalue weighted by molar-refractivity contribution is 0.0702. The van der Waals surface area contributed by atoms with Crippen molar-refractivity contribution in [2.24, 2.45) is 7.05 Å². The van der Waals surface area contributed by atoms with Gasteiger partial charge in [-0.15, -0.1) is 11.3 Å². The summed E-state index contributed by atoms with van der Waals surface area (Å²) in [5, 5.41) is 20.8. The van der Waals surface area contributed by atoms with E-state index in [9.17, 15) is 4.79 Å². The van der Waals surface area contributed by atoms with E-state index in [1.165, 1.54) is 10.7 Å². The molecular formula is C7H6N4O3S. The summed E-state index contributed by atoms with van der Waals surface area (Å²) < 4.78 is 6.60. The monoisotopic (exact) mass is 226 g/mol. The fraction of sp³-hybridized carbons (Fsp3) is 0.143. The lowest BCUT2D eigenvalue weighted by atomic mass is 10.4. The van der Waals surface area contributed by atoms with E-state index in [4.69, 9.17) is 9.84 Å². The van der Waals surface area contributed by atoms with Crippen molar-refractivity contribution >= 4 is 17.3 Å². The maximum Gasteiger partial charge on any atom is 0.346 e. The van der Waals surface area contributed by atoms with Crippen molar-refractivity contribution in [3.63, 3.8) is 0 Å². The predicted octanol–water partition coefficient (Wildman–Crippen LogP) is 0.762. The zero-order valence-electron chi connectivity index (χ0n) is 7.62. The summed E-state index contributed by atoms with van der Waals surface area (Å²) in [4.78, 5) is 10.8. The minimum atomic E-state index is -0.981. The van der Waals surface area contributed by atoms with Crippen LogP contribution in [-0.4, -0.2) is 31.3 Å². The van der Waals surface area contributed by atoms with Crippen molar-refractivity contribution in [3.8, 4) is 11.8 Å². The first-order valence-corrected chi connectivity index (χ1v) is 4.77. The molecule has 0 saturated heterocycles. The molecule has 2 heterocycles. The topological polar surface area (TPSA) is 90.1 Å². The van der Waals surface area contributed by atoms with Gasteiger partial charge in [-0.1, -0.05) is 5.10 Å². The van der Waals surface area contributed by atoms with E-state index in [1.54, 1.807) is 12.4 Å². The number of aromatic carboxylic acids is 1. The molecule has 8 heteroatoms. The Kier molecular flexibility index (Phi) is 2.34. The average Bonchev–Trinajstić information content (AvgIpc) is 2.77. The molecule has 0 aliphatic rings. The van der Waals surface area contributed by atoms with Crippen LogP contribution < -0.4 is 4.74 Å². The van der Waals surface area contributed by atoms with Crippen LogP contribution in [0.25, 0.3) is 0 Å². The molecule has 0 aliphatic carbocycles. The maximum atomic E-state index is 10.6. The van der Waals surface area contributed by atoms with Crippen LogP contribution in [0.2, 0.25) is 0 Å². The minimum absolute atomic E-state index is 0.208. The summed E-state index contributed by atoms with van der Waals surface area (Å²) in [6.45, 7) is 0. The lowest BCUT2D eigenvalue weighted by Gasteiger charge is -1.97. The molecule has 0 radical (unpaired) electrons. The third-order valence-corrected chi connectivity index (χ3v) is 2.47. The number of carboxylic acids is 1. The van der Waals surface area contributed by atoms with Gasteiger partial charge in [-0.3, -0.25) is 0 Å². The van der Waals surface area contributed by atoms with Crippen molar-refractivity contribution in [1.29, 1.82) is 0 Å². The molecule has 7 nitrogen and oxygen atoms in total. The number of carbonyl (C=O) groups is 1. The van der Waals surface area contributed by atoms with Crippen LogP contribution in [0.3, 0.4) is 0 Å². The second-order valence-corrected chi connectivity index (χ2v) is 3.55. The molecule has 0 fully saturated rings. The van der Waals surface area contributed by atoms with Crippen LogP contribution in [0.5, 0.6) is 11.8 Å². The van der Waals surface area contributed by atoms with Gasteiger partial charge in [0.15, 0.2) is 0 Å². The zero-order chi connectivity index (χ0) is 10.8. The Hall–Kier alpha value is -1.96. The number of carboxylic acid groups (broad SMARTS) is 1. The number of thiophene rings is 1. The number of tetrazole rings is 1. The third kappa shape index (κ3) is 1.94. The van der Waals surface area contributed by atoms with Gasteiger partial charge in [-0.25, -0.2) is 4.79 Å². The van der Waals surface area contributed by atoms with Gasteiger partial charge >= 0.3 is 12.0 Å². The van der Waals surface area contributed by atoms with Gasteiger partial charge < -0.3 is 9.84 Å². The fourth-order valence-electron chi connectivity index (χ4n) is 0.898. The van der Waals surface area contributed by atoms with Gasteiger partial charge in [0.05, 0.1) is 0 Å². The molecule has 0 aliphatic heterocycles. The molecule has 2 rings (SSSR count). The predicted molar refractivity (Wildman–Crippen MR) is 50.2 cm³/mol. The normalized spacial score (nSPS) is 10.2. The molecule has 0 amide bonds. The molecule has 0 unspecified atom stereocenters. The number of aromatic nitrogens is 4. The van der Waals surface area contributed by atoms with Crippen molar-refractivity contribution < 1.29 is 14.6 Å². The quantitative estimate of drug-likeness (QED) is 0.830. The van der Waals surface area contributed by atoms with E-state index < -0.39 is 5.97 Å².